The zero-order valence-corrected chi connectivity index (χ0v) is 20.3. The Hall–Kier alpha value is -3.55. The van der Waals surface area contributed by atoms with Crippen LogP contribution in [0.3, 0.4) is 0 Å². The molecule has 1 saturated heterocycles. The summed E-state index contributed by atoms with van der Waals surface area (Å²) in [6.07, 6.45) is -0.328. The van der Waals surface area contributed by atoms with Crippen LogP contribution < -0.4 is 5.32 Å². The molecule has 186 valence electrons. The summed E-state index contributed by atoms with van der Waals surface area (Å²) in [7, 11) is 0. The Kier molecular flexibility index (Phi) is 7.00. The van der Waals surface area contributed by atoms with E-state index in [0.29, 0.717) is 12.8 Å². The minimum Gasteiger partial charge on any atom is -0.481 e. The molecular weight excluding hydrogens is 448 g/mol. The first-order chi connectivity index (χ1) is 16.6. The predicted octanol–water partition coefficient (Wildman–Crippen LogP) is 4.77. The smallest absolute Gasteiger partial charge is 0.410 e. The molecule has 4 rings (SSSR count). The van der Waals surface area contributed by atoms with Crippen LogP contribution in [-0.4, -0.2) is 59.0 Å². The van der Waals surface area contributed by atoms with Gasteiger partial charge in [-0.15, -0.1) is 0 Å². The number of fused-ring (bicyclic) bond motifs is 3. The molecule has 1 aliphatic heterocycles. The standard InChI is InChI=1S/C27H32N2O6/c1-27(2,3)35-25(32)28-17-12-13-18(14-24(30)31)29(15-17)26(33)34-16-23-21-10-6-4-8-19(21)20-9-5-7-11-22(20)23/h4-11,17-18,23H,12-16H2,1-3H3,(H,28,32)(H,30,31). The Bertz CT molecular complexity index is 1060. The number of carboxylic acid groups (broad SMARTS) is 1. The number of ether oxygens (including phenoxy) is 2. The number of carboxylic acids is 1. The fraction of sp³-hybridized carbons (Fsp3) is 0.444. The molecule has 2 unspecified atom stereocenters. The second-order valence-electron chi connectivity index (χ2n) is 10.1. The number of carbonyl (C=O) groups excluding carboxylic acids is 2. The molecule has 1 fully saturated rings. The van der Waals surface area contributed by atoms with Gasteiger partial charge in [0.2, 0.25) is 0 Å². The van der Waals surface area contributed by atoms with Gasteiger partial charge in [-0.05, 0) is 55.9 Å². The van der Waals surface area contributed by atoms with Crippen molar-refractivity contribution < 1.29 is 29.0 Å². The van der Waals surface area contributed by atoms with Crippen molar-refractivity contribution in [2.75, 3.05) is 13.2 Å². The normalized spacial score (nSPS) is 19.5. The monoisotopic (exact) mass is 480 g/mol. The van der Waals surface area contributed by atoms with Crippen LogP contribution in [0.5, 0.6) is 0 Å². The maximum Gasteiger partial charge on any atom is 0.410 e. The van der Waals surface area contributed by atoms with E-state index in [1.54, 1.807) is 20.8 Å². The van der Waals surface area contributed by atoms with E-state index in [1.165, 1.54) is 4.90 Å². The summed E-state index contributed by atoms with van der Waals surface area (Å²) >= 11 is 0. The molecule has 0 saturated carbocycles. The molecule has 2 amide bonds. The SMILES string of the molecule is CC(C)(C)OC(=O)NC1CCC(CC(=O)O)N(C(=O)OCC2c3ccccc3-c3ccccc32)C1. The summed E-state index contributed by atoms with van der Waals surface area (Å²) in [5.41, 5.74) is 3.83. The summed E-state index contributed by atoms with van der Waals surface area (Å²) in [4.78, 5) is 38.3. The number of likely N-dealkylation sites (tertiary alicyclic amines) is 1. The van der Waals surface area contributed by atoms with Gasteiger partial charge < -0.3 is 24.8 Å². The number of nitrogens with zero attached hydrogens (tertiary/aromatic N) is 1. The van der Waals surface area contributed by atoms with Gasteiger partial charge >= 0.3 is 18.2 Å². The summed E-state index contributed by atoms with van der Waals surface area (Å²) in [6.45, 7) is 5.64. The van der Waals surface area contributed by atoms with Crippen molar-refractivity contribution in [2.45, 2.75) is 63.6 Å². The number of alkyl carbamates (subject to hydrolysis) is 1. The van der Waals surface area contributed by atoms with Crippen molar-refractivity contribution in [3.8, 4) is 11.1 Å². The molecule has 8 heteroatoms. The maximum atomic E-state index is 13.2. The van der Waals surface area contributed by atoms with Crippen molar-refractivity contribution in [1.82, 2.24) is 10.2 Å². The van der Waals surface area contributed by atoms with Crippen LogP contribution in [0.15, 0.2) is 48.5 Å². The van der Waals surface area contributed by atoms with E-state index in [2.05, 4.69) is 17.4 Å². The zero-order chi connectivity index (χ0) is 25.2. The number of hydrogen-bond acceptors (Lipinski definition) is 5. The summed E-state index contributed by atoms with van der Waals surface area (Å²) < 4.78 is 11.1. The number of nitrogens with one attached hydrogen (secondary N) is 1. The van der Waals surface area contributed by atoms with Gasteiger partial charge in [0.15, 0.2) is 0 Å². The van der Waals surface area contributed by atoms with Crippen molar-refractivity contribution in [3.63, 3.8) is 0 Å². The molecule has 2 N–H and O–H groups in total. The quantitative estimate of drug-likeness (QED) is 0.639. The van der Waals surface area contributed by atoms with Crippen molar-refractivity contribution in [3.05, 3.63) is 59.7 Å². The van der Waals surface area contributed by atoms with Gasteiger partial charge in [-0.25, -0.2) is 9.59 Å². The molecule has 1 aliphatic carbocycles. The Morgan fingerprint density at radius 2 is 1.60 bits per heavy atom. The molecule has 0 aromatic heterocycles. The van der Waals surface area contributed by atoms with E-state index in [-0.39, 0.29) is 31.5 Å². The fourth-order valence-corrected chi connectivity index (χ4v) is 4.93. The minimum absolute atomic E-state index is 0.0928. The first-order valence-electron chi connectivity index (χ1n) is 12.0. The molecule has 2 atom stereocenters. The van der Waals surface area contributed by atoms with Crippen LogP contribution >= 0.6 is 0 Å². The highest BCUT2D eigenvalue weighted by Crippen LogP contribution is 2.44. The van der Waals surface area contributed by atoms with Crippen molar-refractivity contribution in [1.29, 1.82) is 0 Å². The number of amides is 2. The van der Waals surface area contributed by atoms with Crippen molar-refractivity contribution in [2.24, 2.45) is 0 Å². The van der Waals surface area contributed by atoms with E-state index >= 15 is 0 Å². The molecule has 0 radical (unpaired) electrons. The third-order valence-corrected chi connectivity index (χ3v) is 6.41. The third-order valence-electron chi connectivity index (χ3n) is 6.41. The van der Waals surface area contributed by atoms with Gasteiger partial charge in [0, 0.05) is 24.5 Å². The number of carbonyl (C=O) groups is 3. The fourth-order valence-electron chi connectivity index (χ4n) is 4.93. The lowest BCUT2D eigenvalue weighted by atomic mass is 9.96. The lowest BCUT2D eigenvalue weighted by Gasteiger charge is -2.38. The highest BCUT2D eigenvalue weighted by atomic mass is 16.6. The van der Waals surface area contributed by atoms with Gasteiger partial charge in [-0.3, -0.25) is 4.79 Å². The highest BCUT2D eigenvalue weighted by molar-refractivity contribution is 5.79. The molecule has 2 aromatic carbocycles. The summed E-state index contributed by atoms with van der Waals surface area (Å²) in [6, 6.07) is 15.3. The van der Waals surface area contributed by atoms with Crippen LogP contribution in [-0.2, 0) is 14.3 Å². The first kappa shape index (κ1) is 24.6. The molecular formula is C27H32N2O6. The second kappa shape index (κ2) is 9.98. The van der Waals surface area contributed by atoms with E-state index in [9.17, 15) is 19.5 Å². The van der Waals surface area contributed by atoms with Gasteiger partial charge in [-0.2, -0.15) is 0 Å². The third kappa shape index (κ3) is 5.75. The number of piperidine rings is 1. The number of hydrogen-bond donors (Lipinski definition) is 2. The lowest BCUT2D eigenvalue weighted by Crippen LogP contribution is -2.55. The van der Waals surface area contributed by atoms with E-state index in [1.807, 2.05) is 36.4 Å². The summed E-state index contributed by atoms with van der Waals surface area (Å²) in [5.74, 6) is -1.07. The molecule has 1 heterocycles. The second-order valence-corrected chi connectivity index (χ2v) is 10.1. The van der Waals surface area contributed by atoms with Crippen molar-refractivity contribution >= 4 is 18.2 Å². The molecule has 2 aliphatic rings. The van der Waals surface area contributed by atoms with Crippen LogP contribution in [0.2, 0.25) is 0 Å². The molecule has 35 heavy (non-hydrogen) atoms. The van der Waals surface area contributed by atoms with Gasteiger partial charge in [0.05, 0.1) is 6.42 Å². The van der Waals surface area contributed by atoms with E-state index in [4.69, 9.17) is 9.47 Å². The first-order valence-corrected chi connectivity index (χ1v) is 12.0. The number of benzene rings is 2. The Balaban J connectivity index is 1.46. The predicted molar refractivity (Wildman–Crippen MR) is 130 cm³/mol. The van der Waals surface area contributed by atoms with Gasteiger partial charge in [-0.1, -0.05) is 48.5 Å². The number of rotatable bonds is 5. The lowest BCUT2D eigenvalue weighted by molar-refractivity contribution is -0.138. The molecule has 8 nitrogen and oxygen atoms in total. The van der Waals surface area contributed by atoms with Crippen LogP contribution in [0, 0.1) is 0 Å². The molecule has 2 aromatic rings. The van der Waals surface area contributed by atoms with Crippen LogP contribution in [0.25, 0.3) is 11.1 Å². The summed E-state index contributed by atoms with van der Waals surface area (Å²) in [5, 5.41) is 12.2. The average molecular weight is 481 g/mol. The highest BCUT2D eigenvalue weighted by Gasteiger charge is 2.36. The minimum atomic E-state index is -0.981. The van der Waals surface area contributed by atoms with Gasteiger partial charge in [0.25, 0.3) is 0 Å². The number of aliphatic carboxylic acids is 1. The van der Waals surface area contributed by atoms with Crippen LogP contribution in [0.4, 0.5) is 9.59 Å². The topological polar surface area (TPSA) is 105 Å². The van der Waals surface area contributed by atoms with Crippen LogP contribution in [0.1, 0.15) is 57.1 Å². The Labute approximate surface area is 205 Å². The zero-order valence-electron chi connectivity index (χ0n) is 20.3. The Morgan fingerprint density at radius 1 is 1.00 bits per heavy atom. The van der Waals surface area contributed by atoms with E-state index < -0.39 is 29.8 Å². The van der Waals surface area contributed by atoms with E-state index in [0.717, 1.165) is 22.3 Å². The average Bonchev–Trinajstić information content (AvgIpc) is 3.10. The maximum absolute atomic E-state index is 13.2. The largest absolute Gasteiger partial charge is 0.481 e. The molecule has 0 bridgehead atoms. The van der Waals surface area contributed by atoms with Gasteiger partial charge in [0.1, 0.15) is 12.2 Å². The molecule has 0 spiro atoms. The Morgan fingerprint density at radius 3 is 2.17 bits per heavy atom.